The number of H-pyrrole nitrogens is 1. The van der Waals surface area contributed by atoms with Crippen LogP contribution in [0.5, 0.6) is 0 Å². The first-order valence-corrected chi connectivity index (χ1v) is 7.20. The molecule has 1 fully saturated rings. The normalized spacial score (nSPS) is 25.9. The van der Waals surface area contributed by atoms with E-state index in [-0.39, 0.29) is 10.4 Å². The van der Waals surface area contributed by atoms with E-state index < -0.39 is 10.0 Å². The smallest absolute Gasteiger partial charge is 0.257 e. The molecular weight excluding hydrogens is 240 g/mol. The molecule has 1 aromatic heterocycles. The maximum absolute atomic E-state index is 11.9. The Morgan fingerprint density at radius 3 is 3.00 bits per heavy atom. The van der Waals surface area contributed by atoms with Gasteiger partial charge < -0.3 is 5.32 Å². The molecule has 0 aromatic carbocycles. The van der Waals surface area contributed by atoms with Crippen LogP contribution in [0.3, 0.4) is 0 Å². The van der Waals surface area contributed by atoms with Crippen LogP contribution in [-0.4, -0.2) is 38.2 Å². The van der Waals surface area contributed by atoms with E-state index in [1.807, 2.05) is 0 Å². The highest BCUT2D eigenvalue weighted by Crippen LogP contribution is 2.24. The number of rotatable bonds is 4. The Hall–Kier alpha value is -0.920. The minimum atomic E-state index is -3.45. The largest absolute Gasteiger partial charge is 0.316 e. The Labute approximate surface area is 101 Å². The number of nitrogens with zero attached hydrogens (tertiary/aromatic N) is 1. The molecule has 1 aliphatic rings. The van der Waals surface area contributed by atoms with Crippen LogP contribution < -0.4 is 10.0 Å². The summed E-state index contributed by atoms with van der Waals surface area (Å²) in [6, 6.07) is 1.45. The molecule has 7 heteroatoms. The summed E-state index contributed by atoms with van der Waals surface area (Å²) in [4.78, 5) is 0. The Morgan fingerprint density at radius 2 is 2.41 bits per heavy atom. The molecule has 0 spiro atoms. The highest BCUT2D eigenvalue weighted by atomic mass is 32.2. The molecule has 1 saturated heterocycles. The van der Waals surface area contributed by atoms with Crippen molar-refractivity contribution in [2.75, 3.05) is 19.6 Å². The van der Waals surface area contributed by atoms with Gasteiger partial charge in [-0.05, 0) is 30.9 Å². The van der Waals surface area contributed by atoms with E-state index in [0.717, 1.165) is 25.9 Å². The van der Waals surface area contributed by atoms with Gasteiger partial charge in [0.25, 0.3) is 10.0 Å². The maximum Gasteiger partial charge on any atom is 0.257 e. The van der Waals surface area contributed by atoms with Gasteiger partial charge in [-0.3, -0.25) is 5.10 Å². The maximum atomic E-state index is 11.9. The minimum Gasteiger partial charge on any atom is -0.316 e. The molecule has 3 N–H and O–H groups in total. The molecule has 0 bridgehead atoms. The Morgan fingerprint density at radius 1 is 1.59 bits per heavy atom. The average Bonchev–Trinajstić information content (AvgIpc) is 2.82. The first kappa shape index (κ1) is 12.5. The van der Waals surface area contributed by atoms with Crippen molar-refractivity contribution in [3.63, 3.8) is 0 Å². The first-order chi connectivity index (χ1) is 8.02. The number of aromatic nitrogens is 2. The second-order valence-corrected chi connectivity index (χ2v) is 6.57. The summed E-state index contributed by atoms with van der Waals surface area (Å²) >= 11 is 0. The molecule has 2 heterocycles. The third-order valence-corrected chi connectivity index (χ3v) is 4.47. The summed E-state index contributed by atoms with van der Waals surface area (Å²) < 4.78 is 26.4. The quantitative estimate of drug-likeness (QED) is 0.713. The molecule has 0 amide bonds. The van der Waals surface area contributed by atoms with Crippen molar-refractivity contribution in [2.45, 2.75) is 24.8 Å². The molecule has 0 aliphatic carbocycles. The second-order valence-electron chi connectivity index (χ2n) is 4.84. The summed E-state index contributed by atoms with van der Waals surface area (Å²) in [5.41, 5.74) is -0.00859. The number of nitrogens with one attached hydrogen (secondary N) is 3. The van der Waals surface area contributed by atoms with Gasteiger partial charge in [0.05, 0.1) is 6.20 Å². The van der Waals surface area contributed by atoms with Crippen LogP contribution in [0.4, 0.5) is 0 Å². The Kier molecular flexibility index (Phi) is 3.50. The van der Waals surface area contributed by atoms with E-state index >= 15 is 0 Å². The molecule has 1 aromatic rings. The fraction of sp³-hybridized carbons (Fsp3) is 0.700. The number of aromatic amines is 1. The first-order valence-electron chi connectivity index (χ1n) is 5.72. The molecule has 1 unspecified atom stereocenters. The number of hydrogen-bond acceptors (Lipinski definition) is 4. The van der Waals surface area contributed by atoms with Crippen LogP contribution in [0, 0.1) is 5.41 Å². The van der Waals surface area contributed by atoms with Crippen molar-refractivity contribution in [3.05, 3.63) is 12.3 Å². The van der Waals surface area contributed by atoms with Crippen LogP contribution in [-0.2, 0) is 10.0 Å². The zero-order valence-electron chi connectivity index (χ0n) is 9.86. The van der Waals surface area contributed by atoms with Crippen LogP contribution >= 0.6 is 0 Å². The summed E-state index contributed by atoms with van der Waals surface area (Å²) in [6.07, 6.45) is 3.55. The lowest BCUT2D eigenvalue weighted by atomic mass is 9.83. The standard InChI is InChI=1S/C10H18N4O2S/c1-10(4-2-5-11-7-10)8-13-17(15,16)9-3-6-12-14-9/h3,6,11,13H,2,4-5,7-8H2,1H3,(H,12,14). The molecule has 0 saturated carbocycles. The van der Waals surface area contributed by atoms with Crippen molar-refractivity contribution in [1.29, 1.82) is 0 Å². The van der Waals surface area contributed by atoms with Crippen molar-refractivity contribution < 1.29 is 8.42 Å². The molecular formula is C10H18N4O2S. The van der Waals surface area contributed by atoms with Gasteiger partial charge in [0.2, 0.25) is 0 Å². The summed E-state index contributed by atoms with van der Waals surface area (Å²) in [7, 11) is -3.45. The Bertz CT molecular complexity index is 449. The molecule has 2 rings (SSSR count). The van der Waals surface area contributed by atoms with Crippen LogP contribution in [0.2, 0.25) is 0 Å². The van der Waals surface area contributed by atoms with Crippen molar-refractivity contribution in [2.24, 2.45) is 5.41 Å². The zero-order valence-corrected chi connectivity index (χ0v) is 10.7. The van der Waals surface area contributed by atoms with E-state index in [4.69, 9.17) is 0 Å². The van der Waals surface area contributed by atoms with Gasteiger partial charge in [0, 0.05) is 13.1 Å². The van der Waals surface area contributed by atoms with Gasteiger partial charge in [-0.2, -0.15) is 5.10 Å². The predicted octanol–water partition coefficient (Wildman–Crippen LogP) is 0.0777. The number of hydrogen-bond donors (Lipinski definition) is 3. The SMILES string of the molecule is CC1(CNS(=O)(=O)c2ccn[nH]2)CCCNC1. The number of sulfonamides is 1. The van der Waals surface area contributed by atoms with E-state index in [1.165, 1.54) is 12.3 Å². The lowest BCUT2D eigenvalue weighted by molar-refractivity contribution is 0.238. The zero-order chi connectivity index (χ0) is 12.4. The molecule has 0 radical (unpaired) electrons. The molecule has 96 valence electrons. The third-order valence-electron chi connectivity index (χ3n) is 3.14. The van der Waals surface area contributed by atoms with E-state index in [2.05, 4.69) is 27.2 Å². The van der Waals surface area contributed by atoms with E-state index in [1.54, 1.807) is 0 Å². The second kappa shape index (κ2) is 4.75. The summed E-state index contributed by atoms with van der Waals surface area (Å²) in [5.74, 6) is 0. The highest BCUT2D eigenvalue weighted by molar-refractivity contribution is 7.89. The van der Waals surface area contributed by atoms with Crippen molar-refractivity contribution in [3.8, 4) is 0 Å². The summed E-state index contributed by atoms with van der Waals surface area (Å²) in [6.45, 7) is 4.40. The fourth-order valence-electron chi connectivity index (χ4n) is 2.01. The van der Waals surface area contributed by atoms with E-state index in [0.29, 0.717) is 6.54 Å². The Balaban J connectivity index is 1.98. The van der Waals surface area contributed by atoms with Gasteiger partial charge in [-0.1, -0.05) is 6.92 Å². The molecule has 1 atom stereocenters. The minimum absolute atomic E-state index is 0.00859. The highest BCUT2D eigenvalue weighted by Gasteiger charge is 2.28. The topological polar surface area (TPSA) is 86.9 Å². The van der Waals surface area contributed by atoms with Crippen LogP contribution in [0.1, 0.15) is 19.8 Å². The summed E-state index contributed by atoms with van der Waals surface area (Å²) in [5, 5.41) is 9.51. The lowest BCUT2D eigenvalue weighted by Gasteiger charge is -2.34. The predicted molar refractivity (Wildman–Crippen MR) is 64.0 cm³/mol. The molecule has 17 heavy (non-hydrogen) atoms. The molecule has 1 aliphatic heterocycles. The average molecular weight is 258 g/mol. The van der Waals surface area contributed by atoms with Crippen molar-refractivity contribution in [1.82, 2.24) is 20.2 Å². The van der Waals surface area contributed by atoms with Gasteiger partial charge in [0.1, 0.15) is 0 Å². The third kappa shape index (κ3) is 3.05. The fourth-order valence-corrected chi connectivity index (χ4v) is 3.12. The van der Waals surface area contributed by atoms with Gasteiger partial charge in [-0.15, -0.1) is 0 Å². The van der Waals surface area contributed by atoms with Crippen molar-refractivity contribution >= 4 is 10.0 Å². The van der Waals surface area contributed by atoms with Gasteiger partial charge in [0.15, 0.2) is 5.03 Å². The van der Waals surface area contributed by atoms with Gasteiger partial charge in [-0.25, -0.2) is 13.1 Å². The van der Waals surface area contributed by atoms with Crippen LogP contribution in [0.15, 0.2) is 17.3 Å². The monoisotopic (exact) mass is 258 g/mol. The number of piperidine rings is 1. The lowest BCUT2D eigenvalue weighted by Crippen LogP contribution is -2.45. The molecule has 6 nitrogen and oxygen atoms in total. The van der Waals surface area contributed by atoms with Crippen LogP contribution in [0.25, 0.3) is 0 Å². The van der Waals surface area contributed by atoms with E-state index in [9.17, 15) is 8.42 Å². The van der Waals surface area contributed by atoms with Gasteiger partial charge >= 0.3 is 0 Å².